The molecule has 0 spiro atoms. The summed E-state index contributed by atoms with van der Waals surface area (Å²) in [6, 6.07) is 0. The fraction of sp³-hybridized carbons (Fsp3) is 0. The Labute approximate surface area is 58.9 Å². The first kappa shape index (κ1) is 8.82. The van der Waals surface area contributed by atoms with Gasteiger partial charge in [0.1, 0.15) is 28.8 Å². The van der Waals surface area contributed by atoms with E-state index in [0.29, 0.717) is 0 Å². The van der Waals surface area contributed by atoms with Crippen molar-refractivity contribution in [3.05, 3.63) is 0 Å². The van der Waals surface area contributed by atoms with Gasteiger partial charge >= 0.3 is 14.4 Å². The summed E-state index contributed by atoms with van der Waals surface area (Å²) in [5, 5.41) is 0. The Morgan fingerprint density at radius 3 is 2.25 bits per heavy atom. The number of hydrogen-bond acceptors (Lipinski definition) is 3. The van der Waals surface area contributed by atoms with Crippen LogP contribution in [0.5, 0.6) is 0 Å². The lowest BCUT2D eigenvalue weighted by Crippen LogP contribution is -1.70. The standard InChI is InChI=1S/H3N2O2P2S2/c1-2-5(7)4-6(3)8/h1H2,(H-,2,3,7,8)/q+1/p+1. The van der Waals surface area contributed by atoms with Gasteiger partial charge in [-0.3, -0.25) is 0 Å². The minimum absolute atomic E-state index is 1.38. The molecule has 2 unspecified atom stereocenters. The van der Waals surface area contributed by atoms with Gasteiger partial charge in [-0.25, -0.2) is 0 Å². The van der Waals surface area contributed by atoms with Gasteiger partial charge in [-0.2, -0.15) is 5.84 Å². The van der Waals surface area contributed by atoms with Gasteiger partial charge in [-0.05, 0) is 4.57 Å². The van der Waals surface area contributed by atoms with Crippen LogP contribution in [0.25, 0.3) is 0 Å². The molecule has 0 aromatic rings. The smallest absolute Gasteiger partial charge is 0.185 e. The van der Waals surface area contributed by atoms with Crippen LogP contribution in [0, 0.1) is 0 Å². The quantitative estimate of drug-likeness (QED) is 0.269. The van der Waals surface area contributed by atoms with E-state index in [1.807, 2.05) is 0 Å². The van der Waals surface area contributed by atoms with E-state index < -0.39 is 14.4 Å². The van der Waals surface area contributed by atoms with E-state index in [2.05, 4.69) is 33.7 Å². The zero-order chi connectivity index (χ0) is 6.57. The fourth-order valence-electron chi connectivity index (χ4n) is 0.0836. The first-order valence-electron chi connectivity index (χ1n) is 1.41. The molecule has 0 saturated heterocycles. The van der Waals surface area contributed by atoms with Crippen molar-refractivity contribution in [3.63, 3.8) is 0 Å². The molecule has 0 aromatic carbocycles. The molecule has 0 rings (SSSR count). The van der Waals surface area contributed by atoms with Crippen molar-refractivity contribution in [3.8, 4) is 0 Å². The second-order valence-electron chi connectivity index (χ2n) is 0.688. The Morgan fingerprint density at radius 1 is 1.62 bits per heavy atom. The third-order valence-corrected chi connectivity index (χ3v) is 3.21. The van der Waals surface area contributed by atoms with Gasteiger partial charge in [0.05, 0.1) is 0 Å². The molecule has 0 bridgehead atoms. The van der Waals surface area contributed by atoms with Gasteiger partial charge in [0.25, 0.3) is 0 Å². The predicted octanol–water partition coefficient (Wildman–Crippen LogP) is 1.89. The van der Waals surface area contributed by atoms with Crippen molar-refractivity contribution in [2.75, 3.05) is 0 Å². The Morgan fingerprint density at radius 2 is 2.12 bits per heavy atom. The molecule has 2 N–H and O–H groups in total. The van der Waals surface area contributed by atoms with Crippen LogP contribution in [-0.2, 0) is 8.88 Å². The molecule has 0 heterocycles. The molecular weight excluding hydrogens is 186 g/mol. The average molecular weight is 190 g/mol. The highest BCUT2D eigenvalue weighted by Crippen LogP contribution is 2.44. The first-order valence-corrected chi connectivity index (χ1v) is 6.10. The van der Waals surface area contributed by atoms with Crippen LogP contribution < -0.4 is 5.84 Å². The zero-order valence-corrected chi connectivity index (χ0v) is 7.21. The molecule has 0 radical (unpaired) electrons. The Kier molecular flexibility index (Phi) is 5.15. The van der Waals surface area contributed by atoms with Crippen molar-refractivity contribution < 1.29 is 8.88 Å². The molecule has 8 heavy (non-hydrogen) atoms. The summed E-state index contributed by atoms with van der Waals surface area (Å²) in [7, 11) is -3.30. The van der Waals surface area contributed by atoms with Crippen LogP contribution in [0.15, 0.2) is 4.85 Å². The van der Waals surface area contributed by atoms with Crippen LogP contribution in [-0.4, -0.2) is 0 Å². The maximum absolute atomic E-state index is 10.1. The molecule has 0 aliphatic rings. The highest BCUT2D eigenvalue weighted by atomic mass is 32.7. The van der Waals surface area contributed by atoms with Crippen molar-refractivity contribution in [2.24, 2.45) is 10.7 Å². The van der Waals surface area contributed by atoms with Crippen LogP contribution in [0.3, 0.4) is 0 Å². The average Bonchev–Trinajstić information content (AvgIpc) is 1.65. The summed E-state index contributed by atoms with van der Waals surface area (Å²) in [5.74, 6) is 4.71. The molecule has 0 aliphatic heterocycles. The second kappa shape index (κ2) is 4.68. The van der Waals surface area contributed by atoms with E-state index >= 15 is 0 Å². The normalized spacial score (nSPS) is 13.9. The second-order valence-corrected chi connectivity index (χ2v) is 4.56. The molecule has 0 aromatic heterocycles. The van der Waals surface area contributed by atoms with Crippen LogP contribution >= 0.6 is 38.9 Å². The minimum atomic E-state index is -1.92. The highest BCUT2D eigenvalue weighted by Gasteiger charge is 2.25. The number of thiol groups is 2. The van der Waals surface area contributed by atoms with Crippen LogP contribution in [0.2, 0.25) is 0 Å². The maximum Gasteiger partial charge on any atom is 0.631 e. The Bertz CT molecular complexity index is 123. The van der Waals surface area contributed by atoms with Crippen LogP contribution in [0.4, 0.5) is 0 Å². The minimum Gasteiger partial charge on any atom is -0.185 e. The molecule has 0 fully saturated rings. The number of rotatable bonds is 2. The molecule has 0 amide bonds. The lowest BCUT2D eigenvalue weighted by Gasteiger charge is -1.61. The molecule has 2 atom stereocenters. The fourth-order valence-corrected chi connectivity index (χ4v) is 2.49. The number of nitrogens with zero attached hydrogens (tertiary/aromatic N) is 1. The predicted molar refractivity (Wildman–Crippen MR) is 40.2 cm³/mol. The Balaban J connectivity index is 3.56. The largest absolute Gasteiger partial charge is 0.631 e. The van der Waals surface area contributed by atoms with Gasteiger partial charge in [0, 0.05) is 4.85 Å². The van der Waals surface area contributed by atoms with Crippen LogP contribution in [0.1, 0.15) is 0 Å². The van der Waals surface area contributed by atoms with E-state index in [0.717, 1.165) is 0 Å². The van der Waals surface area contributed by atoms with Gasteiger partial charge in [-0.15, -0.1) is 0 Å². The summed E-state index contributed by atoms with van der Waals surface area (Å²) >= 11 is 7.12. The molecular formula is H4N2O2P2S2+2. The number of hydrogen-bond donors (Lipinski definition) is 3. The molecule has 46 valence electrons. The monoisotopic (exact) mass is 190 g/mol. The van der Waals surface area contributed by atoms with Gasteiger partial charge < -0.3 is 0 Å². The summed E-state index contributed by atoms with van der Waals surface area (Å²) in [6.45, 7) is 0. The SMILES string of the molecule is NN=[P+](S)O[P+](=O)S. The van der Waals surface area contributed by atoms with E-state index in [9.17, 15) is 4.57 Å². The molecule has 4 nitrogen and oxygen atoms in total. The van der Waals surface area contributed by atoms with Gasteiger partial charge in [0.2, 0.25) is 0 Å². The molecule has 0 saturated carbocycles. The summed E-state index contributed by atoms with van der Waals surface area (Å²) in [4.78, 5) is 3.10. The zero-order valence-electron chi connectivity index (χ0n) is 3.63. The van der Waals surface area contributed by atoms with E-state index in [-0.39, 0.29) is 0 Å². The van der Waals surface area contributed by atoms with Crippen molar-refractivity contribution in [1.82, 2.24) is 0 Å². The van der Waals surface area contributed by atoms with E-state index in [1.54, 1.807) is 0 Å². The van der Waals surface area contributed by atoms with Gasteiger partial charge in [-0.1, -0.05) is 0 Å². The maximum atomic E-state index is 10.1. The molecule has 0 aliphatic carbocycles. The van der Waals surface area contributed by atoms with E-state index in [4.69, 9.17) is 5.84 Å². The lowest BCUT2D eigenvalue weighted by molar-refractivity contribution is 0.546. The summed E-state index contributed by atoms with van der Waals surface area (Å²) < 4.78 is 14.5. The van der Waals surface area contributed by atoms with E-state index in [1.165, 1.54) is 0 Å². The van der Waals surface area contributed by atoms with Crippen molar-refractivity contribution >= 4 is 38.9 Å². The third-order valence-electron chi connectivity index (χ3n) is 0.242. The van der Waals surface area contributed by atoms with Crippen molar-refractivity contribution in [1.29, 1.82) is 0 Å². The van der Waals surface area contributed by atoms with Crippen molar-refractivity contribution in [2.45, 2.75) is 0 Å². The third kappa shape index (κ3) is 4.97. The lowest BCUT2D eigenvalue weighted by atomic mass is 13.0. The summed E-state index contributed by atoms with van der Waals surface area (Å²) in [5.41, 5.74) is 0. The first-order chi connectivity index (χ1) is 3.66. The van der Waals surface area contributed by atoms with Gasteiger partial charge in [0.15, 0.2) is 0 Å². The summed E-state index contributed by atoms with van der Waals surface area (Å²) in [6.07, 6.45) is 0. The number of nitrogens with two attached hydrogens (primary N) is 1. The topological polar surface area (TPSA) is 64.7 Å². The molecule has 8 heteroatoms. The highest BCUT2D eigenvalue weighted by molar-refractivity contribution is 8.44. The Hall–Kier alpha value is 0.820.